The molecule has 0 bridgehead atoms. The van der Waals surface area contributed by atoms with Gasteiger partial charge in [-0.05, 0) is 31.0 Å². The number of esters is 1. The SMILES string of the molecule is CC[C@@H](Oc1ccccc1)C(=O)OCC(=O)N[C@H](C)c1ccccc1. The Bertz CT molecular complexity index is 673. The quantitative estimate of drug-likeness (QED) is 0.749. The molecule has 0 aliphatic carbocycles. The Morgan fingerprint density at radius 2 is 1.60 bits per heavy atom. The summed E-state index contributed by atoms with van der Waals surface area (Å²) in [6.45, 7) is 3.37. The molecule has 0 saturated carbocycles. The molecule has 0 aliphatic heterocycles. The maximum Gasteiger partial charge on any atom is 0.347 e. The summed E-state index contributed by atoms with van der Waals surface area (Å²) >= 11 is 0. The Hall–Kier alpha value is -2.82. The van der Waals surface area contributed by atoms with E-state index in [9.17, 15) is 9.59 Å². The molecule has 5 heteroatoms. The zero-order valence-corrected chi connectivity index (χ0v) is 14.5. The van der Waals surface area contributed by atoms with E-state index in [1.165, 1.54) is 0 Å². The lowest BCUT2D eigenvalue weighted by Crippen LogP contribution is -2.35. The summed E-state index contributed by atoms with van der Waals surface area (Å²) in [5.41, 5.74) is 0.987. The summed E-state index contributed by atoms with van der Waals surface area (Å²) in [5, 5.41) is 2.80. The average Bonchev–Trinajstić information content (AvgIpc) is 2.65. The van der Waals surface area contributed by atoms with Gasteiger partial charge >= 0.3 is 5.97 Å². The van der Waals surface area contributed by atoms with Crippen molar-refractivity contribution in [3.63, 3.8) is 0 Å². The summed E-state index contributed by atoms with van der Waals surface area (Å²) in [4.78, 5) is 24.1. The van der Waals surface area contributed by atoms with E-state index in [0.717, 1.165) is 5.56 Å². The van der Waals surface area contributed by atoms with Crippen LogP contribution in [0.5, 0.6) is 5.75 Å². The molecule has 0 saturated heterocycles. The number of ether oxygens (including phenoxy) is 2. The summed E-state index contributed by atoms with van der Waals surface area (Å²) < 4.78 is 10.7. The molecular weight excluding hydrogens is 318 g/mol. The molecule has 2 atom stereocenters. The number of carbonyl (C=O) groups excluding carboxylic acids is 2. The van der Waals surface area contributed by atoms with Gasteiger partial charge in [-0.1, -0.05) is 55.5 Å². The molecule has 0 radical (unpaired) electrons. The first-order chi connectivity index (χ1) is 12.1. The zero-order valence-electron chi connectivity index (χ0n) is 14.5. The Kier molecular flexibility index (Phi) is 7.01. The van der Waals surface area contributed by atoms with E-state index < -0.39 is 12.1 Å². The van der Waals surface area contributed by atoms with Gasteiger partial charge in [0.2, 0.25) is 0 Å². The average molecular weight is 341 g/mol. The molecule has 0 heterocycles. The van der Waals surface area contributed by atoms with Crippen LogP contribution in [0.15, 0.2) is 60.7 Å². The van der Waals surface area contributed by atoms with E-state index in [4.69, 9.17) is 9.47 Å². The lowest BCUT2D eigenvalue weighted by Gasteiger charge is -2.17. The lowest BCUT2D eigenvalue weighted by atomic mass is 10.1. The van der Waals surface area contributed by atoms with Crippen LogP contribution < -0.4 is 10.1 Å². The van der Waals surface area contributed by atoms with Crippen LogP contribution in [0.3, 0.4) is 0 Å². The van der Waals surface area contributed by atoms with Crippen molar-refractivity contribution in [1.82, 2.24) is 5.32 Å². The monoisotopic (exact) mass is 341 g/mol. The van der Waals surface area contributed by atoms with Gasteiger partial charge in [0, 0.05) is 0 Å². The number of hydrogen-bond donors (Lipinski definition) is 1. The van der Waals surface area contributed by atoms with Crippen LogP contribution in [-0.4, -0.2) is 24.6 Å². The molecule has 0 aromatic heterocycles. The highest BCUT2D eigenvalue weighted by molar-refractivity contribution is 5.82. The Balaban J connectivity index is 1.80. The molecule has 5 nitrogen and oxygen atoms in total. The second kappa shape index (κ2) is 9.47. The first-order valence-electron chi connectivity index (χ1n) is 8.32. The van der Waals surface area contributed by atoms with Gasteiger partial charge in [-0.15, -0.1) is 0 Å². The summed E-state index contributed by atoms with van der Waals surface area (Å²) in [7, 11) is 0. The van der Waals surface area contributed by atoms with E-state index in [1.54, 1.807) is 12.1 Å². The van der Waals surface area contributed by atoms with Crippen molar-refractivity contribution < 1.29 is 19.1 Å². The third kappa shape index (κ3) is 5.95. The third-order valence-electron chi connectivity index (χ3n) is 3.68. The first kappa shape index (κ1) is 18.5. The molecule has 0 spiro atoms. The fraction of sp³-hybridized carbons (Fsp3) is 0.300. The minimum atomic E-state index is -0.734. The Labute approximate surface area is 148 Å². The van der Waals surface area contributed by atoms with Crippen molar-refractivity contribution in [1.29, 1.82) is 0 Å². The normalized spacial score (nSPS) is 12.7. The van der Waals surface area contributed by atoms with E-state index in [2.05, 4.69) is 5.32 Å². The van der Waals surface area contributed by atoms with Gasteiger partial charge in [0.25, 0.3) is 5.91 Å². The van der Waals surface area contributed by atoms with Gasteiger partial charge in [-0.25, -0.2) is 4.79 Å². The zero-order chi connectivity index (χ0) is 18.1. The Morgan fingerprint density at radius 3 is 2.20 bits per heavy atom. The largest absolute Gasteiger partial charge is 0.479 e. The number of hydrogen-bond acceptors (Lipinski definition) is 4. The predicted octanol–water partition coefficient (Wildman–Crippen LogP) is 3.26. The Morgan fingerprint density at radius 1 is 1.00 bits per heavy atom. The molecule has 2 rings (SSSR count). The van der Waals surface area contributed by atoms with Crippen molar-refractivity contribution >= 4 is 11.9 Å². The van der Waals surface area contributed by atoms with E-state index in [-0.39, 0.29) is 18.6 Å². The first-order valence-corrected chi connectivity index (χ1v) is 8.32. The molecule has 2 aromatic rings. The summed E-state index contributed by atoms with van der Waals surface area (Å²) in [5.74, 6) is -0.304. The van der Waals surface area contributed by atoms with Gasteiger partial charge in [-0.2, -0.15) is 0 Å². The van der Waals surface area contributed by atoms with Crippen molar-refractivity contribution in [2.45, 2.75) is 32.4 Å². The van der Waals surface area contributed by atoms with Crippen molar-refractivity contribution in [3.8, 4) is 5.75 Å². The molecule has 132 valence electrons. The number of benzene rings is 2. The van der Waals surface area contributed by atoms with Gasteiger partial charge in [-0.3, -0.25) is 4.79 Å². The highest BCUT2D eigenvalue weighted by Gasteiger charge is 2.21. The summed E-state index contributed by atoms with van der Waals surface area (Å²) in [6.07, 6.45) is -0.280. The summed E-state index contributed by atoms with van der Waals surface area (Å²) in [6, 6.07) is 18.5. The standard InChI is InChI=1S/C20H23NO4/c1-3-18(25-17-12-8-5-9-13-17)20(23)24-14-19(22)21-15(2)16-10-6-4-7-11-16/h4-13,15,18H,3,14H2,1-2H3,(H,21,22)/t15-,18-/m1/s1. The molecule has 0 aliphatic rings. The molecule has 1 amide bonds. The highest BCUT2D eigenvalue weighted by atomic mass is 16.6. The van der Waals surface area contributed by atoms with Crippen LogP contribution in [0.25, 0.3) is 0 Å². The third-order valence-corrected chi connectivity index (χ3v) is 3.68. The van der Waals surface area contributed by atoms with Crippen molar-refractivity contribution in [2.24, 2.45) is 0 Å². The fourth-order valence-corrected chi connectivity index (χ4v) is 2.30. The van der Waals surface area contributed by atoms with E-state index >= 15 is 0 Å². The number of rotatable bonds is 8. The minimum Gasteiger partial charge on any atom is -0.479 e. The van der Waals surface area contributed by atoms with Crippen LogP contribution in [0.4, 0.5) is 0 Å². The number of para-hydroxylation sites is 1. The van der Waals surface area contributed by atoms with Crippen LogP contribution in [0, 0.1) is 0 Å². The van der Waals surface area contributed by atoms with Crippen molar-refractivity contribution in [3.05, 3.63) is 66.2 Å². The van der Waals surface area contributed by atoms with Crippen LogP contribution in [0.1, 0.15) is 31.9 Å². The highest BCUT2D eigenvalue weighted by Crippen LogP contribution is 2.14. The topological polar surface area (TPSA) is 64.6 Å². The maximum atomic E-state index is 12.1. The molecule has 0 fully saturated rings. The van der Waals surface area contributed by atoms with Gasteiger partial charge in [0.1, 0.15) is 5.75 Å². The van der Waals surface area contributed by atoms with Crippen LogP contribution in [-0.2, 0) is 14.3 Å². The van der Waals surface area contributed by atoms with E-state index in [0.29, 0.717) is 12.2 Å². The molecule has 2 aromatic carbocycles. The lowest BCUT2D eigenvalue weighted by molar-refractivity contribution is -0.155. The second-order valence-corrected chi connectivity index (χ2v) is 5.64. The number of nitrogens with one attached hydrogen (secondary N) is 1. The molecular formula is C20H23NO4. The van der Waals surface area contributed by atoms with Crippen LogP contribution >= 0.6 is 0 Å². The van der Waals surface area contributed by atoms with Gasteiger partial charge in [0.15, 0.2) is 12.7 Å². The predicted molar refractivity (Wildman–Crippen MR) is 95.1 cm³/mol. The smallest absolute Gasteiger partial charge is 0.347 e. The number of carbonyl (C=O) groups is 2. The fourth-order valence-electron chi connectivity index (χ4n) is 2.30. The second-order valence-electron chi connectivity index (χ2n) is 5.64. The van der Waals surface area contributed by atoms with E-state index in [1.807, 2.05) is 62.4 Å². The molecule has 0 unspecified atom stereocenters. The van der Waals surface area contributed by atoms with Crippen molar-refractivity contribution in [2.75, 3.05) is 6.61 Å². The van der Waals surface area contributed by atoms with Gasteiger partial charge < -0.3 is 14.8 Å². The van der Waals surface area contributed by atoms with Crippen LogP contribution in [0.2, 0.25) is 0 Å². The minimum absolute atomic E-state index is 0.157. The number of amides is 1. The maximum absolute atomic E-state index is 12.1. The molecule has 25 heavy (non-hydrogen) atoms. The molecule has 1 N–H and O–H groups in total. The van der Waals surface area contributed by atoms with Gasteiger partial charge in [0.05, 0.1) is 6.04 Å².